The third-order valence-electron chi connectivity index (χ3n) is 2.33. The monoisotopic (exact) mass is 280 g/mol. The van der Waals surface area contributed by atoms with Crippen LogP contribution in [0, 0.1) is 18.3 Å². The van der Waals surface area contributed by atoms with E-state index in [1.165, 1.54) is 6.21 Å². The van der Waals surface area contributed by atoms with Gasteiger partial charge < -0.3 is 5.32 Å². The van der Waals surface area contributed by atoms with E-state index in [0.29, 0.717) is 5.69 Å². The molecule has 0 bridgehead atoms. The number of carbonyl (C=O) groups excluding carboxylic acids is 1. The Kier molecular flexibility index (Phi) is 5.63. The molecule has 1 aromatic heterocycles. The minimum absolute atomic E-state index is 0.174. The van der Waals surface area contributed by atoms with E-state index in [0.717, 1.165) is 5.56 Å². The van der Waals surface area contributed by atoms with E-state index in [1.54, 1.807) is 26.2 Å². The predicted molar refractivity (Wildman–Crippen MR) is 77.5 cm³/mol. The maximum Gasteiger partial charge on any atom is 0.223 e. The van der Waals surface area contributed by atoms with Crippen molar-refractivity contribution in [3.63, 3.8) is 0 Å². The Labute approximate surface area is 117 Å². The van der Waals surface area contributed by atoms with Crippen LogP contribution in [0.15, 0.2) is 23.5 Å². The number of halogens is 1. The predicted octanol–water partition coefficient (Wildman–Crippen LogP) is 2.45. The number of nitrogens with zero attached hydrogens (tertiary/aromatic N) is 2. The van der Waals surface area contributed by atoms with Crippen LogP contribution in [-0.4, -0.2) is 28.3 Å². The average molecular weight is 281 g/mol. The Bertz CT molecular complexity index is 499. The van der Waals surface area contributed by atoms with E-state index >= 15 is 0 Å². The van der Waals surface area contributed by atoms with Crippen molar-refractivity contribution in [1.82, 2.24) is 10.3 Å². The zero-order valence-electron chi connectivity index (χ0n) is 11.1. The van der Waals surface area contributed by atoms with Crippen molar-refractivity contribution in [2.45, 2.75) is 26.8 Å². The molecule has 1 heterocycles. The van der Waals surface area contributed by atoms with Gasteiger partial charge in [-0.2, -0.15) is 0 Å². The quantitative estimate of drug-likeness (QED) is 0.813. The fourth-order valence-electron chi connectivity index (χ4n) is 1.26. The molecule has 0 aliphatic heterocycles. The number of carbonyl (C=O) groups is 1. The normalized spacial score (nSPS) is 12.7. The van der Waals surface area contributed by atoms with Gasteiger partial charge in [0, 0.05) is 18.3 Å². The molecule has 1 aromatic rings. The molecule has 0 saturated carbocycles. The summed E-state index contributed by atoms with van der Waals surface area (Å²) in [4.78, 5) is 19.8. The van der Waals surface area contributed by atoms with Crippen LogP contribution >= 0.6 is 11.6 Å². The highest BCUT2D eigenvalue weighted by molar-refractivity contribution is 6.67. The lowest BCUT2D eigenvalue weighted by Crippen LogP contribution is -2.41. The molecular formula is C13H17ClN4O. The molecule has 0 aliphatic carbocycles. The zero-order chi connectivity index (χ0) is 14.4. The lowest BCUT2D eigenvalue weighted by atomic mass is 10.2. The summed E-state index contributed by atoms with van der Waals surface area (Å²) in [5, 5.41) is 9.89. The third kappa shape index (κ3) is 5.18. The Morgan fingerprint density at radius 3 is 2.74 bits per heavy atom. The minimum Gasteiger partial charge on any atom is -0.342 e. The second kappa shape index (κ2) is 6.99. The molecule has 6 heteroatoms. The average Bonchev–Trinajstić information content (AvgIpc) is 2.33. The summed E-state index contributed by atoms with van der Waals surface area (Å²) < 4.78 is 0. The second-order valence-corrected chi connectivity index (χ2v) is 4.89. The molecule has 0 radical (unpaired) electrons. The fourth-order valence-corrected chi connectivity index (χ4v) is 1.37. The smallest absolute Gasteiger partial charge is 0.223 e. The largest absolute Gasteiger partial charge is 0.342 e. The highest BCUT2D eigenvalue weighted by Gasteiger charge is 2.15. The molecule has 0 aromatic carbocycles. The summed E-state index contributed by atoms with van der Waals surface area (Å²) >= 11 is 5.65. The molecule has 1 unspecified atom stereocenters. The molecular weight excluding hydrogens is 264 g/mol. The Morgan fingerprint density at radius 2 is 2.21 bits per heavy atom. The molecule has 0 spiro atoms. The highest BCUT2D eigenvalue weighted by atomic mass is 35.5. The lowest BCUT2D eigenvalue weighted by Gasteiger charge is -2.13. The zero-order valence-corrected chi connectivity index (χ0v) is 11.9. The number of amides is 1. The van der Waals surface area contributed by atoms with Gasteiger partial charge in [0.25, 0.3) is 0 Å². The number of aryl methyl sites for hydroxylation is 1. The van der Waals surface area contributed by atoms with Crippen molar-refractivity contribution in [3.8, 4) is 0 Å². The summed E-state index contributed by atoms with van der Waals surface area (Å²) in [6, 6.07) is 1.14. The van der Waals surface area contributed by atoms with Gasteiger partial charge in [0.1, 0.15) is 11.2 Å². The maximum absolute atomic E-state index is 11.6. The molecule has 0 fully saturated rings. The van der Waals surface area contributed by atoms with Crippen molar-refractivity contribution in [2.75, 3.05) is 0 Å². The third-order valence-corrected chi connectivity index (χ3v) is 2.56. The molecule has 19 heavy (non-hydrogen) atoms. The molecule has 1 amide bonds. The number of aliphatic imine (C=N–C) groups is 1. The van der Waals surface area contributed by atoms with E-state index in [1.807, 2.05) is 13.0 Å². The first kappa shape index (κ1) is 15.3. The first-order chi connectivity index (χ1) is 8.90. The first-order valence-corrected chi connectivity index (χ1v) is 6.28. The fraction of sp³-hybridized carbons (Fsp3) is 0.385. The van der Waals surface area contributed by atoms with E-state index in [2.05, 4.69) is 15.3 Å². The molecule has 0 saturated heterocycles. The second-order valence-electron chi connectivity index (χ2n) is 4.49. The van der Waals surface area contributed by atoms with Crippen molar-refractivity contribution >= 4 is 34.6 Å². The number of pyridine rings is 1. The highest BCUT2D eigenvalue weighted by Crippen LogP contribution is 2.10. The standard InChI is InChI=1S/C13H17ClN4O/c1-8(2)13(19)18-11(12(14)15)7-17-10-4-9(3)5-16-6-10/h4-8,11,15H,1-3H3,(H,18,19). The van der Waals surface area contributed by atoms with Gasteiger partial charge in [0.05, 0.1) is 11.9 Å². The number of rotatable bonds is 5. The van der Waals surface area contributed by atoms with Crippen LogP contribution in [0.5, 0.6) is 0 Å². The SMILES string of the molecule is Cc1cncc(N=CC(NC(=O)C(C)C)C(=N)Cl)c1. The first-order valence-electron chi connectivity index (χ1n) is 5.90. The summed E-state index contributed by atoms with van der Waals surface area (Å²) in [5.41, 5.74) is 1.64. The summed E-state index contributed by atoms with van der Waals surface area (Å²) in [6.45, 7) is 5.45. The van der Waals surface area contributed by atoms with Gasteiger partial charge in [0.2, 0.25) is 5.91 Å². The van der Waals surface area contributed by atoms with Gasteiger partial charge in [0.15, 0.2) is 0 Å². The number of hydrogen-bond acceptors (Lipinski definition) is 4. The van der Waals surface area contributed by atoms with Crippen molar-refractivity contribution in [3.05, 3.63) is 24.0 Å². The van der Waals surface area contributed by atoms with E-state index < -0.39 is 6.04 Å². The summed E-state index contributed by atoms with van der Waals surface area (Å²) in [7, 11) is 0. The van der Waals surface area contributed by atoms with Gasteiger partial charge in [-0.25, -0.2) is 0 Å². The Hall–Kier alpha value is -1.75. The van der Waals surface area contributed by atoms with E-state index in [9.17, 15) is 4.79 Å². The summed E-state index contributed by atoms with van der Waals surface area (Å²) in [5.74, 6) is -0.350. The van der Waals surface area contributed by atoms with Crippen molar-refractivity contribution < 1.29 is 4.79 Å². The number of aromatic nitrogens is 1. The van der Waals surface area contributed by atoms with Gasteiger partial charge in [-0.3, -0.25) is 20.2 Å². The van der Waals surface area contributed by atoms with Crippen LogP contribution in [0.3, 0.4) is 0 Å². The van der Waals surface area contributed by atoms with Crippen molar-refractivity contribution in [2.24, 2.45) is 10.9 Å². The molecule has 2 N–H and O–H groups in total. The Morgan fingerprint density at radius 1 is 1.53 bits per heavy atom. The lowest BCUT2D eigenvalue weighted by molar-refractivity contribution is -0.123. The van der Waals surface area contributed by atoms with Crippen LogP contribution in [0.4, 0.5) is 5.69 Å². The van der Waals surface area contributed by atoms with Gasteiger partial charge in [-0.15, -0.1) is 0 Å². The van der Waals surface area contributed by atoms with Crippen LogP contribution in [0.2, 0.25) is 0 Å². The van der Waals surface area contributed by atoms with E-state index in [-0.39, 0.29) is 17.0 Å². The Balaban J connectivity index is 2.79. The topological polar surface area (TPSA) is 78.2 Å². The molecule has 5 nitrogen and oxygen atoms in total. The van der Waals surface area contributed by atoms with Gasteiger partial charge in [-0.1, -0.05) is 25.4 Å². The van der Waals surface area contributed by atoms with Crippen LogP contribution < -0.4 is 5.32 Å². The molecule has 1 atom stereocenters. The van der Waals surface area contributed by atoms with Gasteiger partial charge in [-0.05, 0) is 18.6 Å². The summed E-state index contributed by atoms with van der Waals surface area (Å²) in [6.07, 6.45) is 4.76. The molecule has 102 valence electrons. The molecule has 1 rings (SSSR count). The van der Waals surface area contributed by atoms with E-state index in [4.69, 9.17) is 17.0 Å². The van der Waals surface area contributed by atoms with Crippen molar-refractivity contribution in [1.29, 1.82) is 5.41 Å². The van der Waals surface area contributed by atoms with Crippen LogP contribution in [-0.2, 0) is 4.79 Å². The molecule has 0 aliphatic rings. The van der Waals surface area contributed by atoms with Gasteiger partial charge >= 0.3 is 0 Å². The number of hydrogen-bond donors (Lipinski definition) is 2. The minimum atomic E-state index is -0.711. The number of nitrogens with one attached hydrogen (secondary N) is 2. The maximum atomic E-state index is 11.6. The van der Waals surface area contributed by atoms with Crippen LogP contribution in [0.1, 0.15) is 19.4 Å². The van der Waals surface area contributed by atoms with Crippen LogP contribution in [0.25, 0.3) is 0 Å².